The van der Waals surface area contributed by atoms with Crippen LogP contribution >= 0.6 is 0 Å². The van der Waals surface area contributed by atoms with Crippen molar-refractivity contribution in [3.63, 3.8) is 0 Å². The summed E-state index contributed by atoms with van der Waals surface area (Å²) in [5.41, 5.74) is -5.36. The zero-order chi connectivity index (χ0) is 26.3. The molecular formula is C22H11F11N2. The molecule has 186 valence electrons. The molecule has 0 aliphatic heterocycles. The number of hydrogen-bond donors (Lipinski definition) is 1. The van der Waals surface area contributed by atoms with Crippen LogP contribution in [0.3, 0.4) is 0 Å². The molecule has 0 heterocycles. The Hall–Kier alpha value is -3.64. The van der Waals surface area contributed by atoms with Crippen molar-refractivity contribution in [1.82, 2.24) is 4.90 Å². The predicted octanol–water partition coefficient (Wildman–Crippen LogP) is 6.98. The van der Waals surface area contributed by atoms with E-state index in [-0.39, 0.29) is 0 Å². The SMILES string of the molecule is N=C(Cc1c(F)c(F)c(F)c(F)c1F)N(C(F)(F)c1ccccc1F)C(F)(F)c1ccccc1F. The molecule has 3 aromatic rings. The second-order valence-electron chi connectivity index (χ2n) is 7.05. The fourth-order valence-electron chi connectivity index (χ4n) is 3.22. The molecule has 0 amide bonds. The van der Waals surface area contributed by atoms with Crippen LogP contribution in [0.4, 0.5) is 48.3 Å². The lowest BCUT2D eigenvalue weighted by molar-refractivity contribution is -0.254. The van der Waals surface area contributed by atoms with Crippen LogP contribution in [0.5, 0.6) is 0 Å². The number of hydrogen-bond acceptors (Lipinski definition) is 1. The van der Waals surface area contributed by atoms with Gasteiger partial charge in [-0.05, 0) is 24.3 Å². The Bertz CT molecular complexity index is 1200. The monoisotopic (exact) mass is 512 g/mol. The lowest BCUT2D eigenvalue weighted by Crippen LogP contribution is -2.53. The van der Waals surface area contributed by atoms with E-state index in [4.69, 9.17) is 5.41 Å². The molecule has 1 N–H and O–H groups in total. The van der Waals surface area contributed by atoms with E-state index in [9.17, 15) is 30.7 Å². The molecule has 0 aromatic heterocycles. The van der Waals surface area contributed by atoms with Gasteiger partial charge in [-0.3, -0.25) is 5.41 Å². The molecule has 2 nitrogen and oxygen atoms in total. The summed E-state index contributed by atoms with van der Waals surface area (Å²) in [7, 11) is 0. The van der Waals surface area contributed by atoms with Gasteiger partial charge in [0.2, 0.25) is 5.82 Å². The van der Waals surface area contributed by atoms with Crippen molar-refractivity contribution in [2.75, 3.05) is 0 Å². The first-order chi connectivity index (χ1) is 16.2. The summed E-state index contributed by atoms with van der Waals surface area (Å²) in [6.45, 7) is 0. The topological polar surface area (TPSA) is 27.1 Å². The molecule has 0 spiro atoms. The highest BCUT2D eigenvalue weighted by atomic mass is 19.3. The Kier molecular flexibility index (Phi) is 6.82. The van der Waals surface area contributed by atoms with Crippen molar-refractivity contribution in [3.05, 3.63) is 106 Å². The Balaban J connectivity index is 2.23. The second kappa shape index (κ2) is 9.19. The van der Waals surface area contributed by atoms with E-state index in [0.717, 1.165) is 24.3 Å². The van der Waals surface area contributed by atoms with Crippen LogP contribution < -0.4 is 0 Å². The van der Waals surface area contributed by atoms with Gasteiger partial charge in [0.1, 0.15) is 17.5 Å². The van der Waals surface area contributed by atoms with Crippen molar-refractivity contribution < 1.29 is 48.3 Å². The smallest absolute Gasteiger partial charge is 0.288 e. The maximum atomic E-state index is 15.3. The summed E-state index contributed by atoms with van der Waals surface area (Å²) < 4.78 is 158. The third-order valence-corrected chi connectivity index (χ3v) is 4.87. The third-order valence-electron chi connectivity index (χ3n) is 4.87. The molecule has 0 saturated carbocycles. The number of nitrogens with zero attached hydrogens (tertiary/aromatic N) is 1. The molecule has 0 fully saturated rings. The normalized spacial score (nSPS) is 12.1. The van der Waals surface area contributed by atoms with Gasteiger partial charge in [-0.1, -0.05) is 24.3 Å². The highest BCUT2D eigenvalue weighted by molar-refractivity contribution is 5.83. The number of nitrogens with one attached hydrogen (secondary N) is 1. The highest BCUT2D eigenvalue weighted by Crippen LogP contribution is 2.46. The van der Waals surface area contributed by atoms with E-state index in [1.807, 2.05) is 0 Å². The molecule has 0 aliphatic rings. The van der Waals surface area contributed by atoms with E-state index in [1.165, 1.54) is 0 Å². The third kappa shape index (κ3) is 4.42. The molecule has 3 aromatic carbocycles. The number of halogens is 11. The summed E-state index contributed by atoms with van der Waals surface area (Å²) in [6.07, 6.45) is -1.99. The van der Waals surface area contributed by atoms with Gasteiger partial charge >= 0.3 is 12.1 Å². The average molecular weight is 512 g/mol. The van der Waals surface area contributed by atoms with E-state index in [2.05, 4.69) is 0 Å². The number of amidine groups is 1. The number of rotatable bonds is 6. The van der Waals surface area contributed by atoms with Crippen molar-refractivity contribution in [2.24, 2.45) is 0 Å². The quantitative estimate of drug-likeness (QED) is 0.0947. The van der Waals surface area contributed by atoms with E-state index >= 15 is 17.6 Å². The van der Waals surface area contributed by atoms with Crippen LogP contribution in [0.25, 0.3) is 0 Å². The summed E-state index contributed by atoms with van der Waals surface area (Å²) in [6, 6.07) is -5.26. The molecule has 0 bridgehead atoms. The minimum atomic E-state index is -5.18. The van der Waals surface area contributed by atoms with E-state index < -0.39 is 86.7 Å². The summed E-state index contributed by atoms with van der Waals surface area (Å²) in [5, 5.41) is 7.77. The molecule has 13 heteroatoms. The van der Waals surface area contributed by atoms with E-state index in [0.29, 0.717) is 24.3 Å². The largest absolute Gasteiger partial charge is 0.361 e. The molecule has 35 heavy (non-hydrogen) atoms. The summed E-state index contributed by atoms with van der Waals surface area (Å²) >= 11 is 0. The fraction of sp³-hybridized carbons (Fsp3) is 0.136. The maximum absolute atomic E-state index is 15.3. The minimum Gasteiger partial charge on any atom is -0.288 e. The van der Waals surface area contributed by atoms with Gasteiger partial charge in [-0.2, -0.15) is 17.6 Å². The lowest BCUT2D eigenvalue weighted by atomic mass is 10.0. The first-order valence-electron chi connectivity index (χ1n) is 9.36. The first-order valence-corrected chi connectivity index (χ1v) is 9.36. The van der Waals surface area contributed by atoms with Crippen LogP contribution in [0.15, 0.2) is 48.5 Å². The average Bonchev–Trinajstić information content (AvgIpc) is 2.79. The summed E-state index contributed by atoms with van der Waals surface area (Å²) in [5.74, 6) is -18.4. The molecule has 0 unspecified atom stereocenters. The lowest BCUT2D eigenvalue weighted by Gasteiger charge is -2.39. The van der Waals surface area contributed by atoms with Gasteiger partial charge < -0.3 is 0 Å². The molecule has 0 saturated heterocycles. The van der Waals surface area contributed by atoms with Crippen LogP contribution in [0, 0.1) is 46.1 Å². The van der Waals surface area contributed by atoms with Crippen molar-refractivity contribution in [2.45, 2.75) is 18.5 Å². The summed E-state index contributed by atoms with van der Waals surface area (Å²) in [4.78, 5) is -1.45. The van der Waals surface area contributed by atoms with Gasteiger partial charge in [0, 0.05) is 12.0 Å². The van der Waals surface area contributed by atoms with Gasteiger partial charge in [0.05, 0.1) is 11.1 Å². The molecule has 0 aliphatic carbocycles. The van der Waals surface area contributed by atoms with Gasteiger partial charge in [-0.25, -0.2) is 35.6 Å². The van der Waals surface area contributed by atoms with Crippen LogP contribution in [0.1, 0.15) is 16.7 Å². The zero-order valence-electron chi connectivity index (χ0n) is 16.9. The Morgan fingerprint density at radius 2 is 0.943 bits per heavy atom. The van der Waals surface area contributed by atoms with Gasteiger partial charge in [0.25, 0.3) is 0 Å². The Morgan fingerprint density at radius 1 is 0.600 bits per heavy atom. The molecule has 3 rings (SSSR count). The van der Waals surface area contributed by atoms with Gasteiger partial charge in [0.15, 0.2) is 23.3 Å². The van der Waals surface area contributed by atoms with Crippen molar-refractivity contribution in [3.8, 4) is 0 Å². The minimum absolute atomic E-state index is 0.353. The Morgan fingerprint density at radius 3 is 1.31 bits per heavy atom. The van der Waals surface area contributed by atoms with Crippen LogP contribution in [-0.4, -0.2) is 10.7 Å². The Labute approximate surface area is 189 Å². The number of alkyl halides is 4. The van der Waals surface area contributed by atoms with Crippen molar-refractivity contribution >= 4 is 5.84 Å². The second-order valence-corrected chi connectivity index (χ2v) is 7.05. The molecular weight excluding hydrogens is 501 g/mol. The predicted molar refractivity (Wildman–Crippen MR) is 100 cm³/mol. The van der Waals surface area contributed by atoms with E-state index in [1.54, 1.807) is 0 Å². The fourth-order valence-corrected chi connectivity index (χ4v) is 3.22. The first kappa shape index (κ1) is 26.0. The standard InChI is InChI=1S/C22H11F11N2/c23-13-7-3-1-5-11(13)21(30,31)35(22(32,33)12-6-2-4-8-14(12)24)15(34)9-10-16(25)18(27)20(29)19(28)17(10)26/h1-8,34H,9H2. The van der Waals surface area contributed by atoms with Crippen molar-refractivity contribution in [1.29, 1.82) is 5.41 Å². The van der Waals surface area contributed by atoms with Gasteiger partial charge in [-0.15, -0.1) is 0 Å². The van der Waals surface area contributed by atoms with Crippen LogP contribution in [-0.2, 0) is 18.5 Å². The highest BCUT2D eigenvalue weighted by Gasteiger charge is 2.57. The zero-order valence-corrected chi connectivity index (χ0v) is 16.9. The van der Waals surface area contributed by atoms with Crippen LogP contribution in [0.2, 0.25) is 0 Å². The molecule has 0 radical (unpaired) electrons. The maximum Gasteiger partial charge on any atom is 0.361 e. The number of benzene rings is 3. The molecule has 0 atom stereocenters.